The fourth-order valence-electron chi connectivity index (χ4n) is 1.99. The van der Waals surface area contributed by atoms with Gasteiger partial charge in [-0.25, -0.2) is 8.42 Å². The van der Waals surface area contributed by atoms with E-state index in [1.54, 1.807) is 6.92 Å². The molecule has 2 aromatic rings. The van der Waals surface area contributed by atoms with Crippen LogP contribution in [0.2, 0.25) is 0 Å². The van der Waals surface area contributed by atoms with Crippen LogP contribution < -0.4 is 5.32 Å². The Morgan fingerprint density at radius 2 is 2.00 bits per heavy atom. The Bertz CT molecular complexity index is 696. The number of aryl methyl sites for hydroxylation is 1. The molecule has 1 aromatic heterocycles. The molecular weight excluding hydrogens is 272 g/mol. The molecule has 108 valence electrons. The number of aromatic nitrogens is 1. The van der Waals surface area contributed by atoms with Crippen LogP contribution in [0.15, 0.2) is 30.3 Å². The van der Waals surface area contributed by atoms with Crippen molar-refractivity contribution >= 4 is 20.7 Å². The van der Waals surface area contributed by atoms with Crippen LogP contribution >= 0.6 is 0 Å². The van der Waals surface area contributed by atoms with Crippen LogP contribution in [-0.2, 0) is 16.4 Å². The Morgan fingerprint density at radius 3 is 2.75 bits per heavy atom. The predicted octanol–water partition coefficient (Wildman–Crippen LogP) is 2.07. The third-order valence-electron chi connectivity index (χ3n) is 3.25. The van der Waals surface area contributed by atoms with E-state index in [1.165, 1.54) is 0 Å². The minimum absolute atomic E-state index is 0.192. The van der Waals surface area contributed by atoms with Crippen molar-refractivity contribution in [2.24, 2.45) is 0 Å². The van der Waals surface area contributed by atoms with Gasteiger partial charge in [-0.05, 0) is 30.7 Å². The van der Waals surface area contributed by atoms with Crippen LogP contribution in [-0.4, -0.2) is 31.5 Å². The normalized spacial score (nSPS) is 11.9. The monoisotopic (exact) mass is 292 g/mol. The fourth-order valence-corrected chi connectivity index (χ4v) is 2.74. The highest BCUT2D eigenvalue weighted by molar-refractivity contribution is 7.91. The minimum atomic E-state index is -2.89. The smallest absolute Gasteiger partial charge is 0.151 e. The van der Waals surface area contributed by atoms with Gasteiger partial charge >= 0.3 is 0 Å². The number of sulfone groups is 1. The van der Waals surface area contributed by atoms with Crippen molar-refractivity contribution in [1.82, 2.24) is 10.3 Å². The molecule has 0 aliphatic rings. The predicted molar refractivity (Wildman–Crippen MR) is 82.5 cm³/mol. The van der Waals surface area contributed by atoms with Crippen LogP contribution in [0, 0.1) is 6.92 Å². The molecule has 0 unspecified atom stereocenters. The summed E-state index contributed by atoms with van der Waals surface area (Å²) in [7, 11) is -2.89. The molecule has 20 heavy (non-hydrogen) atoms. The summed E-state index contributed by atoms with van der Waals surface area (Å²) in [5, 5.41) is 4.28. The number of fused-ring (bicyclic) bond motifs is 1. The number of nitrogens with one attached hydrogen (secondary N) is 1. The quantitative estimate of drug-likeness (QED) is 0.828. The zero-order chi connectivity index (χ0) is 14.6. The maximum Gasteiger partial charge on any atom is 0.151 e. The Balaban J connectivity index is 1.95. The second-order valence-corrected chi connectivity index (χ2v) is 7.37. The summed E-state index contributed by atoms with van der Waals surface area (Å²) in [5.41, 5.74) is 3.13. The van der Waals surface area contributed by atoms with Gasteiger partial charge in [-0.3, -0.25) is 4.98 Å². The first-order valence-corrected chi connectivity index (χ1v) is 8.60. The number of rotatable bonds is 6. The Kier molecular flexibility index (Phi) is 4.73. The second-order valence-electron chi connectivity index (χ2n) is 4.89. The topological polar surface area (TPSA) is 59.1 Å². The summed E-state index contributed by atoms with van der Waals surface area (Å²) in [4.78, 5) is 4.46. The first-order valence-electron chi connectivity index (χ1n) is 6.77. The van der Waals surface area contributed by atoms with Crippen LogP contribution in [0.1, 0.15) is 18.2 Å². The summed E-state index contributed by atoms with van der Waals surface area (Å²) in [6, 6.07) is 10.2. The van der Waals surface area contributed by atoms with E-state index in [0.29, 0.717) is 13.1 Å². The fraction of sp³-hybridized carbons (Fsp3) is 0.400. The van der Waals surface area contributed by atoms with E-state index in [-0.39, 0.29) is 11.5 Å². The van der Waals surface area contributed by atoms with E-state index >= 15 is 0 Å². The van der Waals surface area contributed by atoms with Gasteiger partial charge in [0.05, 0.1) is 11.3 Å². The van der Waals surface area contributed by atoms with Gasteiger partial charge in [0.2, 0.25) is 0 Å². The summed E-state index contributed by atoms with van der Waals surface area (Å²) in [6.45, 7) is 4.81. The molecule has 1 heterocycles. The number of hydrogen-bond acceptors (Lipinski definition) is 4. The van der Waals surface area contributed by atoms with Gasteiger partial charge < -0.3 is 5.32 Å². The molecule has 0 bridgehead atoms. The standard InChI is InChI=1S/C15H20N2O2S/c1-3-20(18,19)9-8-16-11-13-5-7-15-14(10-13)6-4-12(2)17-15/h4-7,10,16H,3,8-9,11H2,1-2H3. The van der Waals surface area contributed by atoms with Crippen molar-refractivity contribution in [2.45, 2.75) is 20.4 Å². The first kappa shape index (κ1) is 14.9. The molecule has 2 rings (SSSR count). The molecule has 4 nitrogen and oxygen atoms in total. The largest absolute Gasteiger partial charge is 0.312 e. The van der Waals surface area contributed by atoms with Crippen molar-refractivity contribution in [3.05, 3.63) is 41.6 Å². The average Bonchev–Trinajstić information content (AvgIpc) is 2.43. The highest BCUT2D eigenvalue weighted by Crippen LogP contribution is 2.14. The maximum atomic E-state index is 11.4. The molecule has 0 aliphatic carbocycles. The Morgan fingerprint density at radius 1 is 1.20 bits per heavy atom. The molecule has 0 fully saturated rings. The highest BCUT2D eigenvalue weighted by Gasteiger charge is 2.06. The number of nitrogens with zero attached hydrogens (tertiary/aromatic N) is 1. The molecule has 0 saturated carbocycles. The summed E-state index contributed by atoms with van der Waals surface area (Å²) in [5.74, 6) is 0.396. The van der Waals surface area contributed by atoms with Gasteiger partial charge in [0, 0.05) is 29.9 Å². The lowest BCUT2D eigenvalue weighted by molar-refractivity contribution is 0.592. The van der Waals surface area contributed by atoms with E-state index in [0.717, 1.165) is 22.2 Å². The molecule has 5 heteroatoms. The molecule has 0 spiro atoms. The van der Waals surface area contributed by atoms with E-state index in [1.807, 2.05) is 25.1 Å². The minimum Gasteiger partial charge on any atom is -0.312 e. The number of pyridine rings is 1. The lowest BCUT2D eigenvalue weighted by atomic mass is 10.1. The maximum absolute atomic E-state index is 11.4. The SMILES string of the molecule is CCS(=O)(=O)CCNCc1ccc2nc(C)ccc2c1. The average molecular weight is 292 g/mol. The van der Waals surface area contributed by atoms with Gasteiger partial charge in [-0.15, -0.1) is 0 Å². The molecule has 1 aromatic carbocycles. The van der Waals surface area contributed by atoms with E-state index in [4.69, 9.17) is 0 Å². The zero-order valence-electron chi connectivity index (χ0n) is 11.9. The summed E-state index contributed by atoms with van der Waals surface area (Å²) in [6.07, 6.45) is 0. The number of hydrogen-bond donors (Lipinski definition) is 1. The van der Waals surface area contributed by atoms with Crippen LogP contribution in [0.4, 0.5) is 0 Å². The summed E-state index contributed by atoms with van der Waals surface area (Å²) < 4.78 is 22.7. The van der Waals surface area contributed by atoms with Crippen molar-refractivity contribution < 1.29 is 8.42 Å². The lowest BCUT2D eigenvalue weighted by Gasteiger charge is -2.06. The van der Waals surface area contributed by atoms with Crippen LogP contribution in [0.3, 0.4) is 0 Å². The van der Waals surface area contributed by atoms with Gasteiger partial charge in [0.1, 0.15) is 0 Å². The number of benzene rings is 1. The van der Waals surface area contributed by atoms with Crippen LogP contribution in [0.25, 0.3) is 10.9 Å². The van der Waals surface area contributed by atoms with E-state index in [2.05, 4.69) is 22.4 Å². The lowest BCUT2D eigenvalue weighted by Crippen LogP contribution is -2.23. The van der Waals surface area contributed by atoms with Crippen molar-refractivity contribution in [2.75, 3.05) is 18.1 Å². The third kappa shape index (κ3) is 4.02. The van der Waals surface area contributed by atoms with E-state index in [9.17, 15) is 8.42 Å². The molecule has 1 N–H and O–H groups in total. The molecule has 0 amide bonds. The molecule has 0 saturated heterocycles. The zero-order valence-corrected chi connectivity index (χ0v) is 12.7. The van der Waals surface area contributed by atoms with Crippen molar-refractivity contribution in [1.29, 1.82) is 0 Å². The Hall–Kier alpha value is -1.46. The van der Waals surface area contributed by atoms with Gasteiger partial charge in [-0.1, -0.05) is 19.1 Å². The van der Waals surface area contributed by atoms with Gasteiger partial charge in [-0.2, -0.15) is 0 Å². The Labute approximate surface area is 120 Å². The van der Waals surface area contributed by atoms with Gasteiger partial charge in [0.15, 0.2) is 9.84 Å². The second kappa shape index (κ2) is 6.33. The first-order chi connectivity index (χ1) is 9.50. The van der Waals surface area contributed by atoms with Crippen molar-refractivity contribution in [3.63, 3.8) is 0 Å². The molecular formula is C15H20N2O2S. The molecule has 0 aliphatic heterocycles. The van der Waals surface area contributed by atoms with Gasteiger partial charge in [0.25, 0.3) is 0 Å². The molecule has 0 radical (unpaired) electrons. The highest BCUT2D eigenvalue weighted by atomic mass is 32.2. The molecule has 0 atom stereocenters. The van der Waals surface area contributed by atoms with E-state index < -0.39 is 9.84 Å². The third-order valence-corrected chi connectivity index (χ3v) is 4.96. The van der Waals surface area contributed by atoms with Crippen molar-refractivity contribution in [3.8, 4) is 0 Å². The summed E-state index contributed by atoms with van der Waals surface area (Å²) >= 11 is 0. The van der Waals surface area contributed by atoms with Crippen LogP contribution in [0.5, 0.6) is 0 Å².